The minimum absolute atomic E-state index is 0.0104. The van der Waals surface area contributed by atoms with Gasteiger partial charge in [0.1, 0.15) is 5.82 Å². The summed E-state index contributed by atoms with van der Waals surface area (Å²) in [7, 11) is 0. The maximum absolute atomic E-state index is 13.6. The summed E-state index contributed by atoms with van der Waals surface area (Å²) in [5, 5.41) is 11.4. The van der Waals surface area contributed by atoms with Gasteiger partial charge in [-0.1, -0.05) is 18.9 Å². The maximum atomic E-state index is 13.6. The lowest BCUT2D eigenvalue weighted by molar-refractivity contribution is -0.124. The van der Waals surface area contributed by atoms with Gasteiger partial charge in [0, 0.05) is 18.0 Å². The first-order valence-electron chi connectivity index (χ1n) is 6.17. The van der Waals surface area contributed by atoms with Crippen LogP contribution in [0.25, 0.3) is 0 Å². The summed E-state index contributed by atoms with van der Waals surface area (Å²) in [6.07, 6.45) is 4.07. The summed E-state index contributed by atoms with van der Waals surface area (Å²) in [5.74, 6) is -0.344. The van der Waals surface area contributed by atoms with Crippen LogP contribution in [0, 0.1) is 23.1 Å². The van der Waals surface area contributed by atoms with Crippen LogP contribution < -0.4 is 5.32 Å². The number of carbonyl (C=O) groups excluding carboxylic acids is 1. The first kappa shape index (κ1) is 12.6. The van der Waals surface area contributed by atoms with Crippen LogP contribution in [0.2, 0.25) is 0 Å². The van der Waals surface area contributed by atoms with Crippen molar-refractivity contribution in [3.63, 3.8) is 0 Å². The van der Waals surface area contributed by atoms with Crippen LogP contribution >= 0.6 is 0 Å². The Bertz CT molecular complexity index is 487. The molecule has 1 N–H and O–H groups in total. The molecule has 1 aromatic carbocycles. The minimum Gasteiger partial charge on any atom is -0.352 e. The third-order valence-corrected chi connectivity index (χ3v) is 3.36. The van der Waals surface area contributed by atoms with Gasteiger partial charge < -0.3 is 5.32 Å². The molecule has 94 valence electrons. The maximum Gasteiger partial charge on any atom is 0.223 e. The van der Waals surface area contributed by atoms with E-state index in [0.717, 1.165) is 25.7 Å². The van der Waals surface area contributed by atoms with Crippen molar-refractivity contribution in [3.05, 3.63) is 35.1 Å². The molecule has 0 spiro atoms. The van der Waals surface area contributed by atoms with E-state index in [9.17, 15) is 9.18 Å². The lowest BCUT2D eigenvalue weighted by Crippen LogP contribution is -2.29. The molecule has 2 rings (SSSR count). The van der Waals surface area contributed by atoms with Crippen LogP contribution in [-0.2, 0) is 11.3 Å². The number of hydrogen-bond donors (Lipinski definition) is 1. The fourth-order valence-electron chi connectivity index (χ4n) is 2.27. The van der Waals surface area contributed by atoms with E-state index in [1.807, 2.05) is 6.07 Å². The highest BCUT2D eigenvalue weighted by molar-refractivity contribution is 5.78. The molecule has 0 saturated heterocycles. The first-order valence-corrected chi connectivity index (χ1v) is 6.17. The van der Waals surface area contributed by atoms with E-state index in [4.69, 9.17) is 5.26 Å². The van der Waals surface area contributed by atoms with Gasteiger partial charge >= 0.3 is 0 Å². The molecule has 1 saturated carbocycles. The van der Waals surface area contributed by atoms with Gasteiger partial charge in [-0.3, -0.25) is 4.79 Å². The fourth-order valence-corrected chi connectivity index (χ4v) is 2.27. The van der Waals surface area contributed by atoms with Crippen molar-refractivity contribution in [1.82, 2.24) is 5.32 Å². The Morgan fingerprint density at radius 3 is 2.78 bits per heavy atom. The number of amides is 1. The SMILES string of the molecule is N#Cc1ccc(CNC(=O)C2CCCC2)c(F)c1. The van der Waals surface area contributed by atoms with Crippen molar-refractivity contribution >= 4 is 5.91 Å². The number of nitrogens with one attached hydrogen (secondary N) is 1. The van der Waals surface area contributed by atoms with Gasteiger partial charge in [-0.2, -0.15) is 5.26 Å². The lowest BCUT2D eigenvalue weighted by Gasteiger charge is -2.10. The second-order valence-corrected chi connectivity index (χ2v) is 4.62. The van der Waals surface area contributed by atoms with Crippen molar-refractivity contribution in [2.45, 2.75) is 32.2 Å². The molecular formula is C14H15FN2O. The molecule has 4 heteroatoms. The van der Waals surface area contributed by atoms with Crippen LogP contribution in [0.15, 0.2) is 18.2 Å². The molecule has 1 aliphatic rings. The van der Waals surface area contributed by atoms with Crippen LogP contribution in [-0.4, -0.2) is 5.91 Å². The number of halogens is 1. The average molecular weight is 246 g/mol. The minimum atomic E-state index is -0.444. The molecule has 1 aliphatic carbocycles. The van der Waals surface area contributed by atoms with Gasteiger partial charge in [0.25, 0.3) is 0 Å². The standard InChI is InChI=1S/C14H15FN2O/c15-13-7-10(8-16)5-6-12(13)9-17-14(18)11-3-1-2-4-11/h5-7,11H,1-4,9H2,(H,17,18). The highest BCUT2D eigenvalue weighted by Gasteiger charge is 2.22. The van der Waals surface area contributed by atoms with Crippen LogP contribution in [0.3, 0.4) is 0 Å². The van der Waals surface area contributed by atoms with Crippen molar-refractivity contribution < 1.29 is 9.18 Å². The largest absolute Gasteiger partial charge is 0.352 e. The number of hydrogen-bond acceptors (Lipinski definition) is 2. The summed E-state index contributed by atoms with van der Waals surface area (Å²) < 4.78 is 13.6. The van der Waals surface area contributed by atoms with Crippen LogP contribution in [0.4, 0.5) is 4.39 Å². The third kappa shape index (κ3) is 2.86. The van der Waals surface area contributed by atoms with Gasteiger partial charge in [-0.05, 0) is 25.0 Å². The Kier molecular flexibility index (Phi) is 3.93. The van der Waals surface area contributed by atoms with Gasteiger partial charge in [-0.15, -0.1) is 0 Å². The van der Waals surface area contributed by atoms with Gasteiger partial charge in [-0.25, -0.2) is 4.39 Å². The zero-order chi connectivity index (χ0) is 13.0. The van der Waals surface area contributed by atoms with E-state index in [-0.39, 0.29) is 18.4 Å². The first-order chi connectivity index (χ1) is 8.70. The van der Waals surface area contributed by atoms with E-state index in [2.05, 4.69) is 5.32 Å². The third-order valence-electron chi connectivity index (χ3n) is 3.36. The van der Waals surface area contributed by atoms with Crippen LogP contribution in [0.5, 0.6) is 0 Å². The predicted molar refractivity (Wildman–Crippen MR) is 64.9 cm³/mol. The molecule has 1 amide bonds. The Morgan fingerprint density at radius 2 is 2.17 bits per heavy atom. The molecule has 18 heavy (non-hydrogen) atoms. The Balaban J connectivity index is 1.94. The average Bonchev–Trinajstić information content (AvgIpc) is 2.90. The number of benzene rings is 1. The zero-order valence-corrected chi connectivity index (χ0v) is 10.1. The highest BCUT2D eigenvalue weighted by atomic mass is 19.1. The molecule has 0 heterocycles. The molecule has 0 aromatic heterocycles. The molecule has 3 nitrogen and oxygen atoms in total. The summed E-state index contributed by atoms with van der Waals surface area (Å²) in [6.45, 7) is 0.187. The smallest absolute Gasteiger partial charge is 0.223 e. The molecule has 0 radical (unpaired) electrons. The quantitative estimate of drug-likeness (QED) is 0.890. The van der Waals surface area contributed by atoms with Gasteiger partial charge in [0.15, 0.2) is 0 Å². The summed E-state index contributed by atoms with van der Waals surface area (Å²) in [6, 6.07) is 6.17. The van der Waals surface area contributed by atoms with E-state index in [1.165, 1.54) is 6.07 Å². The van der Waals surface area contributed by atoms with E-state index >= 15 is 0 Å². The Hall–Kier alpha value is -1.89. The molecule has 0 aliphatic heterocycles. The molecule has 0 bridgehead atoms. The number of nitriles is 1. The van der Waals surface area contributed by atoms with Crippen LogP contribution in [0.1, 0.15) is 36.8 Å². The summed E-state index contributed by atoms with van der Waals surface area (Å²) in [5.41, 5.74) is 0.707. The van der Waals surface area contributed by atoms with Gasteiger partial charge in [0.05, 0.1) is 11.6 Å². The Morgan fingerprint density at radius 1 is 1.44 bits per heavy atom. The predicted octanol–water partition coefficient (Wildman–Crippen LogP) is 2.50. The van der Waals surface area contributed by atoms with Crippen molar-refractivity contribution in [2.75, 3.05) is 0 Å². The Labute approximate surface area is 106 Å². The molecule has 1 aromatic rings. The second kappa shape index (κ2) is 5.63. The monoisotopic (exact) mass is 246 g/mol. The molecule has 0 atom stereocenters. The number of rotatable bonds is 3. The van der Waals surface area contributed by atoms with Gasteiger partial charge in [0.2, 0.25) is 5.91 Å². The number of nitrogens with zero attached hydrogens (tertiary/aromatic N) is 1. The summed E-state index contributed by atoms with van der Waals surface area (Å²) in [4.78, 5) is 11.8. The van der Waals surface area contributed by atoms with E-state index < -0.39 is 5.82 Å². The van der Waals surface area contributed by atoms with Crippen molar-refractivity contribution in [1.29, 1.82) is 5.26 Å². The molecule has 1 fully saturated rings. The topological polar surface area (TPSA) is 52.9 Å². The fraction of sp³-hybridized carbons (Fsp3) is 0.429. The van der Waals surface area contributed by atoms with Crippen molar-refractivity contribution in [2.24, 2.45) is 5.92 Å². The van der Waals surface area contributed by atoms with E-state index in [1.54, 1.807) is 12.1 Å². The lowest BCUT2D eigenvalue weighted by atomic mass is 10.1. The summed E-state index contributed by atoms with van der Waals surface area (Å²) >= 11 is 0. The normalized spacial score (nSPS) is 15.3. The second-order valence-electron chi connectivity index (χ2n) is 4.62. The van der Waals surface area contributed by atoms with E-state index in [0.29, 0.717) is 11.1 Å². The number of carbonyl (C=O) groups is 1. The highest BCUT2D eigenvalue weighted by Crippen LogP contribution is 2.24. The van der Waals surface area contributed by atoms with Crippen molar-refractivity contribution in [3.8, 4) is 6.07 Å². The molecular weight excluding hydrogens is 231 g/mol. The zero-order valence-electron chi connectivity index (χ0n) is 10.1. The molecule has 0 unspecified atom stereocenters.